The normalized spacial score (nSPS) is 28.6. The number of esters is 1. The molecular weight excluding hydrogens is 370 g/mol. The fourth-order valence-electron chi connectivity index (χ4n) is 3.82. The summed E-state index contributed by atoms with van der Waals surface area (Å²) >= 11 is 0. The average molecular weight is 403 g/mol. The third kappa shape index (κ3) is 3.84. The molecule has 0 aromatic heterocycles. The summed E-state index contributed by atoms with van der Waals surface area (Å²) in [6.07, 6.45) is 3.01. The average Bonchev–Trinajstić information content (AvgIpc) is 3.28. The number of quaternary nitrogens is 1. The summed E-state index contributed by atoms with van der Waals surface area (Å²) in [6, 6.07) is -2.74. The Morgan fingerprint density at radius 1 is 1.25 bits per heavy atom. The molecule has 0 amide bonds. The molecule has 2 fully saturated rings. The van der Waals surface area contributed by atoms with Crippen molar-refractivity contribution in [3.8, 4) is 0 Å². The first-order chi connectivity index (χ1) is 13.0. The first kappa shape index (κ1) is 13.3. The molecular formula is C19H28BrNO3. The molecule has 2 aliphatic rings. The van der Waals surface area contributed by atoms with Gasteiger partial charge in [-0.2, -0.15) is 0 Å². The zero-order valence-electron chi connectivity index (χ0n) is 19.2. The fourth-order valence-corrected chi connectivity index (χ4v) is 3.82. The van der Waals surface area contributed by atoms with Crippen molar-refractivity contribution in [3.63, 3.8) is 0 Å². The van der Waals surface area contributed by atoms with Gasteiger partial charge in [-0.25, -0.2) is 4.79 Å². The summed E-state index contributed by atoms with van der Waals surface area (Å²) in [6.45, 7) is 1.46. The zero-order chi connectivity index (χ0) is 20.9. The van der Waals surface area contributed by atoms with Gasteiger partial charge in [0.25, 0.3) is 0 Å². The summed E-state index contributed by atoms with van der Waals surface area (Å²) in [5, 5.41) is 11.6. The Hall–Kier alpha value is -0.910. The molecule has 0 spiro atoms. The molecule has 1 aliphatic heterocycles. The molecule has 1 heterocycles. The highest BCUT2D eigenvalue weighted by Crippen LogP contribution is 2.42. The van der Waals surface area contributed by atoms with Crippen LogP contribution in [-0.2, 0) is 15.1 Å². The zero-order valence-corrected chi connectivity index (χ0v) is 15.8. The maximum atomic E-state index is 13.2. The van der Waals surface area contributed by atoms with E-state index in [4.69, 9.17) is 11.6 Å². The Balaban J connectivity index is 0.00000300. The van der Waals surface area contributed by atoms with E-state index in [1.54, 1.807) is 0 Å². The third-order valence-corrected chi connectivity index (χ3v) is 5.17. The standard InChI is InChI=1S/C19H28NO3.BrH/c1-20(2)13-12-17(14-20)23-18(21)19(22,16-10-6-7-11-16)15-8-4-3-5-9-15;/h3-5,8-9,16-17,22H,6-7,10-14H2,1-2H3;1H/q+1;/p-1/i3D,4D,5D,8D,9D;. The lowest BCUT2D eigenvalue weighted by atomic mass is 9.80. The van der Waals surface area contributed by atoms with E-state index in [0.717, 1.165) is 19.4 Å². The number of likely N-dealkylation sites (N-methyl/N-ethyl adjacent to an activating group) is 1. The maximum absolute atomic E-state index is 13.2. The lowest BCUT2D eigenvalue weighted by molar-refractivity contribution is -0.879. The number of carbonyl (C=O) groups excluding carboxylic acids is 1. The molecule has 0 radical (unpaired) electrons. The van der Waals surface area contributed by atoms with Crippen LogP contribution >= 0.6 is 0 Å². The summed E-state index contributed by atoms with van der Waals surface area (Å²) in [5.74, 6) is -1.43. The van der Waals surface area contributed by atoms with E-state index in [0.29, 0.717) is 30.3 Å². The van der Waals surface area contributed by atoms with E-state index in [1.807, 2.05) is 14.1 Å². The quantitative estimate of drug-likeness (QED) is 0.543. The topological polar surface area (TPSA) is 46.5 Å². The van der Waals surface area contributed by atoms with Gasteiger partial charge in [0.05, 0.1) is 27.5 Å². The van der Waals surface area contributed by atoms with Crippen molar-refractivity contribution >= 4 is 5.97 Å². The Morgan fingerprint density at radius 3 is 2.42 bits per heavy atom. The van der Waals surface area contributed by atoms with Crippen LogP contribution in [0, 0.1) is 5.92 Å². The Morgan fingerprint density at radius 2 is 1.88 bits per heavy atom. The van der Waals surface area contributed by atoms with E-state index in [9.17, 15) is 9.90 Å². The minimum absolute atomic E-state index is 0. The number of halogens is 1. The molecule has 0 bridgehead atoms. The second kappa shape index (κ2) is 7.54. The van der Waals surface area contributed by atoms with Crippen LogP contribution in [0.5, 0.6) is 0 Å². The van der Waals surface area contributed by atoms with Crippen molar-refractivity contribution < 1.29 is 43.0 Å². The minimum atomic E-state index is -2.25. The summed E-state index contributed by atoms with van der Waals surface area (Å²) < 4.78 is 46.5. The SMILES string of the molecule is [2H]c1c([2H])c([2H])c(C(O)(C(=O)OC2CC[N+](C)(C)C2)C2CCCC2)c([2H])c1[2H].[Br-]. The highest BCUT2D eigenvalue weighted by molar-refractivity contribution is 5.81. The van der Waals surface area contributed by atoms with E-state index in [-0.39, 0.29) is 28.6 Å². The van der Waals surface area contributed by atoms with Gasteiger partial charge in [0, 0.05) is 12.3 Å². The van der Waals surface area contributed by atoms with Gasteiger partial charge in [0.2, 0.25) is 0 Å². The molecule has 3 rings (SSSR count). The number of benzene rings is 1. The Kier molecular flexibility index (Phi) is 4.18. The maximum Gasteiger partial charge on any atom is 0.343 e. The fraction of sp³-hybridized carbons (Fsp3) is 0.632. The van der Waals surface area contributed by atoms with Gasteiger partial charge in [0.1, 0.15) is 6.54 Å². The van der Waals surface area contributed by atoms with Crippen LogP contribution in [0.2, 0.25) is 0 Å². The number of rotatable bonds is 4. The summed E-state index contributed by atoms with van der Waals surface area (Å²) in [4.78, 5) is 13.2. The van der Waals surface area contributed by atoms with Crippen LogP contribution < -0.4 is 17.0 Å². The van der Waals surface area contributed by atoms with Crippen molar-refractivity contribution in [1.82, 2.24) is 0 Å². The molecule has 24 heavy (non-hydrogen) atoms. The van der Waals surface area contributed by atoms with E-state index in [2.05, 4.69) is 0 Å². The van der Waals surface area contributed by atoms with Gasteiger partial charge in [-0.15, -0.1) is 0 Å². The van der Waals surface area contributed by atoms with E-state index >= 15 is 0 Å². The van der Waals surface area contributed by atoms with Crippen molar-refractivity contribution in [1.29, 1.82) is 0 Å². The molecule has 2 unspecified atom stereocenters. The molecule has 5 heteroatoms. The number of carbonyl (C=O) groups is 1. The van der Waals surface area contributed by atoms with Crippen LogP contribution in [0.3, 0.4) is 0 Å². The van der Waals surface area contributed by atoms with Gasteiger partial charge in [0.15, 0.2) is 11.7 Å². The Labute approximate surface area is 162 Å². The molecule has 1 N–H and O–H groups in total. The number of ether oxygens (including phenoxy) is 1. The molecule has 4 nitrogen and oxygen atoms in total. The smallest absolute Gasteiger partial charge is 0.343 e. The largest absolute Gasteiger partial charge is 1.00 e. The Bertz CT molecular complexity index is 772. The lowest BCUT2D eigenvalue weighted by Crippen LogP contribution is -3.00. The second-order valence-corrected chi connectivity index (χ2v) is 7.41. The van der Waals surface area contributed by atoms with E-state index < -0.39 is 47.7 Å². The molecule has 1 aromatic rings. The van der Waals surface area contributed by atoms with Crippen LogP contribution in [0.15, 0.2) is 30.2 Å². The number of likely N-dealkylation sites (tertiary alicyclic amines) is 1. The van der Waals surface area contributed by atoms with Gasteiger partial charge in [-0.3, -0.25) is 0 Å². The van der Waals surface area contributed by atoms with Gasteiger partial charge >= 0.3 is 5.97 Å². The molecule has 1 saturated carbocycles. The van der Waals surface area contributed by atoms with Crippen LogP contribution in [0.1, 0.15) is 44.5 Å². The molecule has 1 saturated heterocycles. The van der Waals surface area contributed by atoms with Gasteiger partial charge in [-0.1, -0.05) is 43.1 Å². The highest BCUT2D eigenvalue weighted by atomic mass is 79.9. The van der Waals surface area contributed by atoms with Crippen LogP contribution in [0.25, 0.3) is 0 Å². The lowest BCUT2D eigenvalue weighted by Gasteiger charge is -2.33. The van der Waals surface area contributed by atoms with Gasteiger partial charge in [-0.05, 0) is 18.4 Å². The number of nitrogens with zero attached hydrogens (tertiary/aromatic N) is 1. The van der Waals surface area contributed by atoms with E-state index in [1.165, 1.54) is 0 Å². The molecule has 134 valence electrons. The molecule has 1 aliphatic carbocycles. The number of hydrogen-bond acceptors (Lipinski definition) is 3. The second-order valence-electron chi connectivity index (χ2n) is 7.41. The van der Waals surface area contributed by atoms with Gasteiger partial charge < -0.3 is 31.3 Å². The first-order valence-electron chi connectivity index (χ1n) is 10.8. The summed E-state index contributed by atoms with van der Waals surface area (Å²) in [5.41, 5.74) is -2.61. The number of aliphatic hydroxyl groups is 1. The van der Waals surface area contributed by atoms with Crippen LogP contribution in [-0.4, -0.2) is 48.8 Å². The predicted molar refractivity (Wildman–Crippen MR) is 88.6 cm³/mol. The van der Waals surface area contributed by atoms with Crippen molar-refractivity contribution in [2.24, 2.45) is 5.92 Å². The van der Waals surface area contributed by atoms with Crippen molar-refractivity contribution in [2.75, 3.05) is 27.2 Å². The van der Waals surface area contributed by atoms with Crippen LogP contribution in [0.4, 0.5) is 0 Å². The molecule has 1 aromatic carbocycles. The first-order valence-corrected chi connectivity index (χ1v) is 8.32. The molecule has 2 atom stereocenters. The van der Waals surface area contributed by atoms with Crippen molar-refractivity contribution in [2.45, 2.75) is 43.8 Å². The monoisotopic (exact) mass is 402 g/mol. The predicted octanol–water partition coefficient (Wildman–Crippen LogP) is -0.540. The van der Waals surface area contributed by atoms with Crippen molar-refractivity contribution in [3.05, 3.63) is 35.8 Å². The summed E-state index contributed by atoms with van der Waals surface area (Å²) in [7, 11) is 4.07. The number of hydrogen-bond donors (Lipinski definition) is 1. The highest BCUT2D eigenvalue weighted by Gasteiger charge is 2.49. The minimum Gasteiger partial charge on any atom is -1.00 e. The third-order valence-electron chi connectivity index (χ3n) is 5.17.